The molecule has 1 N–H and O–H groups in total. The molecule has 0 fully saturated rings. The molecule has 0 heterocycles. The number of nitro benzene ring substituents is 1. The lowest BCUT2D eigenvalue weighted by Gasteiger charge is -2.18. The Balaban J connectivity index is 2.13. The highest BCUT2D eigenvalue weighted by Gasteiger charge is 2.16. The third kappa shape index (κ3) is 4.77. The van der Waals surface area contributed by atoms with E-state index >= 15 is 0 Å². The minimum atomic E-state index is -0.512. The van der Waals surface area contributed by atoms with Gasteiger partial charge in [-0.3, -0.25) is 19.7 Å². The maximum atomic E-state index is 12.5. The van der Waals surface area contributed by atoms with E-state index in [1.165, 1.54) is 30.0 Å². The van der Waals surface area contributed by atoms with Crippen molar-refractivity contribution >= 4 is 34.8 Å². The summed E-state index contributed by atoms with van der Waals surface area (Å²) < 4.78 is 0. The summed E-state index contributed by atoms with van der Waals surface area (Å²) >= 11 is 6.06. The van der Waals surface area contributed by atoms with Gasteiger partial charge in [-0.05, 0) is 35.9 Å². The maximum absolute atomic E-state index is 12.5. The van der Waals surface area contributed by atoms with Crippen LogP contribution in [0.25, 0.3) is 0 Å². The molecule has 0 saturated carbocycles. The summed E-state index contributed by atoms with van der Waals surface area (Å²) in [4.78, 5) is 35.2. The van der Waals surface area contributed by atoms with Crippen LogP contribution in [0.4, 0.5) is 11.4 Å². The molecule has 0 spiro atoms. The molecule has 0 saturated heterocycles. The van der Waals surface area contributed by atoms with E-state index in [0.29, 0.717) is 21.8 Å². The second kappa shape index (κ2) is 7.76. The lowest BCUT2D eigenvalue weighted by atomic mass is 10.1. The zero-order chi connectivity index (χ0) is 18.6. The van der Waals surface area contributed by atoms with Crippen molar-refractivity contribution in [3.63, 3.8) is 0 Å². The van der Waals surface area contributed by atoms with Crippen molar-refractivity contribution in [3.05, 3.63) is 68.7 Å². The predicted molar refractivity (Wildman–Crippen MR) is 94.6 cm³/mol. The Morgan fingerprint density at radius 3 is 2.40 bits per heavy atom. The van der Waals surface area contributed by atoms with E-state index < -0.39 is 4.92 Å². The van der Waals surface area contributed by atoms with Crippen LogP contribution in [0.1, 0.15) is 22.8 Å². The molecule has 0 aliphatic carbocycles. The number of benzene rings is 2. The van der Waals surface area contributed by atoms with E-state index in [0.717, 1.165) is 0 Å². The van der Waals surface area contributed by atoms with Crippen molar-refractivity contribution in [1.82, 2.24) is 4.90 Å². The number of non-ortho nitro benzene ring substituents is 1. The minimum Gasteiger partial charge on any atom is -0.337 e. The Kier molecular flexibility index (Phi) is 5.71. The third-order valence-corrected chi connectivity index (χ3v) is 3.82. The van der Waals surface area contributed by atoms with Gasteiger partial charge in [-0.15, -0.1) is 0 Å². The van der Waals surface area contributed by atoms with E-state index in [1.807, 2.05) is 0 Å². The number of amides is 2. The second-order valence-electron chi connectivity index (χ2n) is 5.45. The van der Waals surface area contributed by atoms with Crippen molar-refractivity contribution in [1.29, 1.82) is 0 Å². The molecular weight excluding hydrogens is 346 g/mol. The van der Waals surface area contributed by atoms with Gasteiger partial charge < -0.3 is 10.2 Å². The normalized spacial score (nSPS) is 10.2. The van der Waals surface area contributed by atoms with Gasteiger partial charge in [0, 0.05) is 48.9 Å². The first-order chi connectivity index (χ1) is 11.8. The van der Waals surface area contributed by atoms with E-state index in [9.17, 15) is 19.7 Å². The number of carbonyl (C=O) groups excluding carboxylic acids is 2. The number of nitrogens with zero attached hydrogens (tertiary/aromatic N) is 2. The fourth-order valence-corrected chi connectivity index (χ4v) is 2.42. The fourth-order valence-electron chi connectivity index (χ4n) is 2.24. The van der Waals surface area contributed by atoms with Crippen molar-refractivity contribution in [3.8, 4) is 0 Å². The summed E-state index contributed by atoms with van der Waals surface area (Å²) in [6, 6.07) is 10.6. The quantitative estimate of drug-likeness (QED) is 0.651. The Morgan fingerprint density at radius 1 is 1.20 bits per heavy atom. The van der Waals surface area contributed by atoms with E-state index in [2.05, 4.69) is 5.32 Å². The summed E-state index contributed by atoms with van der Waals surface area (Å²) in [5.41, 5.74) is 1.42. The largest absolute Gasteiger partial charge is 0.337 e. The Labute approximate surface area is 149 Å². The highest BCUT2D eigenvalue weighted by molar-refractivity contribution is 6.31. The number of carbonyl (C=O) groups is 2. The smallest absolute Gasteiger partial charge is 0.269 e. The summed E-state index contributed by atoms with van der Waals surface area (Å²) in [7, 11) is 1.58. The first-order valence-electron chi connectivity index (χ1n) is 7.34. The second-order valence-corrected chi connectivity index (χ2v) is 5.86. The van der Waals surface area contributed by atoms with Crippen molar-refractivity contribution < 1.29 is 14.5 Å². The maximum Gasteiger partial charge on any atom is 0.269 e. The average molecular weight is 362 g/mol. The summed E-state index contributed by atoms with van der Waals surface area (Å²) in [5.74, 6) is -0.464. The van der Waals surface area contributed by atoms with Gasteiger partial charge in [0.2, 0.25) is 5.91 Å². The molecule has 8 heteroatoms. The molecule has 2 rings (SSSR count). The summed E-state index contributed by atoms with van der Waals surface area (Å²) in [5, 5.41) is 13.8. The van der Waals surface area contributed by atoms with Crippen LogP contribution in [0.2, 0.25) is 5.02 Å². The van der Waals surface area contributed by atoms with Crippen molar-refractivity contribution in [2.75, 3.05) is 12.4 Å². The molecule has 130 valence electrons. The van der Waals surface area contributed by atoms with Crippen molar-refractivity contribution in [2.45, 2.75) is 13.5 Å². The molecule has 0 atom stereocenters. The minimum absolute atomic E-state index is 0.0834. The third-order valence-electron chi connectivity index (χ3n) is 3.45. The number of hydrogen-bond donors (Lipinski definition) is 1. The summed E-state index contributed by atoms with van der Waals surface area (Å²) in [6.07, 6.45) is 0. The van der Waals surface area contributed by atoms with Gasteiger partial charge in [-0.25, -0.2) is 0 Å². The molecule has 0 aromatic heterocycles. The average Bonchev–Trinajstić information content (AvgIpc) is 2.56. The molecule has 2 amide bonds. The monoisotopic (exact) mass is 361 g/mol. The van der Waals surface area contributed by atoms with Crippen molar-refractivity contribution in [2.24, 2.45) is 0 Å². The number of hydrogen-bond acceptors (Lipinski definition) is 4. The standard InChI is InChI=1S/C17H16ClN3O4/c1-11(22)19-14-5-3-12(4-6-14)17(23)20(2)10-13-9-15(21(24)25)7-8-16(13)18/h3-9H,10H2,1-2H3,(H,19,22). The number of nitrogens with one attached hydrogen (secondary N) is 1. The number of halogens is 1. The van der Waals surface area contributed by atoms with Gasteiger partial charge in [0.05, 0.1) is 4.92 Å². The van der Waals surface area contributed by atoms with Crippen LogP contribution in [0.5, 0.6) is 0 Å². The molecule has 2 aromatic carbocycles. The lowest BCUT2D eigenvalue weighted by Crippen LogP contribution is -2.26. The van der Waals surface area contributed by atoms with Gasteiger partial charge in [-0.1, -0.05) is 11.6 Å². The molecule has 2 aromatic rings. The fraction of sp³-hybridized carbons (Fsp3) is 0.176. The van der Waals surface area contributed by atoms with Crippen LogP contribution in [-0.2, 0) is 11.3 Å². The summed E-state index contributed by atoms with van der Waals surface area (Å²) in [6.45, 7) is 1.53. The van der Waals surface area contributed by atoms with Crippen LogP contribution in [0, 0.1) is 10.1 Å². The van der Waals surface area contributed by atoms with Gasteiger partial charge in [0.25, 0.3) is 11.6 Å². The number of nitro groups is 1. The van der Waals surface area contributed by atoms with Crippen LogP contribution >= 0.6 is 11.6 Å². The molecule has 0 radical (unpaired) electrons. The molecular formula is C17H16ClN3O4. The highest BCUT2D eigenvalue weighted by Crippen LogP contribution is 2.23. The molecule has 25 heavy (non-hydrogen) atoms. The Morgan fingerprint density at radius 2 is 1.84 bits per heavy atom. The Hall–Kier alpha value is -2.93. The molecule has 7 nitrogen and oxygen atoms in total. The highest BCUT2D eigenvalue weighted by atomic mass is 35.5. The molecule has 0 aliphatic heterocycles. The zero-order valence-corrected chi connectivity index (χ0v) is 14.4. The molecule has 0 bridgehead atoms. The van der Waals surface area contributed by atoms with Gasteiger partial charge in [0.1, 0.15) is 0 Å². The van der Waals surface area contributed by atoms with Crippen LogP contribution in [0.15, 0.2) is 42.5 Å². The zero-order valence-electron chi connectivity index (χ0n) is 13.7. The SMILES string of the molecule is CC(=O)Nc1ccc(C(=O)N(C)Cc2cc([N+](=O)[O-])ccc2Cl)cc1. The van der Waals surface area contributed by atoms with E-state index in [4.69, 9.17) is 11.6 Å². The van der Waals surface area contributed by atoms with Crippen LogP contribution in [-0.4, -0.2) is 28.7 Å². The predicted octanol–water partition coefficient (Wildman–Crippen LogP) is 3.48. The van der Waals surface area contributed by atoms with Gasteiger partial charge >= 0.3 is 0 Å². The van der Waals surface area contributed by atoms with Crippen LogP contribution in [0.3, 0.4) is 0 Å². The van der Waals surface area contributed by atoms with Gasteiger partial charge in [-0.2, -0.15) is 0 Å². The number of rotatable bonds is 5. The molecule has 0 aliphatic rings. The Bertz CT molecular complexity index is 821. The van der Waals surface area contributed by atoms with E-state index in [-0.39, 0.29) is 24.0 Å². The molecule has 0 unspecified atom stereocenters. The lowest BCUT2D eigenvalue weighted by molar-refractivity contribution is -0.384. The first kappa shape index (κ1) is 18.4. The number of anilines is 1. The van der Waals surface area contributed by atoms with Crippen LogP contribution < -0.4 is 5.32 Å². The first-order valence-corrected chi connectivity index (χ1v) is 7.71. The van der Waals surface area contributed by atoms with E-state index in [1.54, 1.807) is 31.3 Å². The topological polar surface area (TPSA) is 92.6 Å². The van der Waals surface area contributed by atoms with Gasteiger partial charge in [0.15, 0.2) is 0 Å².